The van der Waals surface area contributed by atoms with E-state index in [1.165, 1.54) is 11.8 Å². The number of para-hydroxylation sites is 3. The number of amides is 1. The van der Waals surface area contributed by atoms with Gasteiger partial charge < -0.3 is 10.1 Å². The normalized spacial score (nSPS) is 10.8. The van der Waals surface area contributed by atoms with E-state index in [0.29, 0.717) is 11.0 Å². The van der Waals surface area contributed by atoms with E-state index in [-0.39, 0.29) is 18.3 Å². The first kappa shape index (κ1) is 22.6. The van der Waals surface area contributed by atoms with Crippen LogP contribution >= 0.6 is 11.8 Å². The smallest absolute Gasteiger partial charge is 0.234 e. The van der Waals surface area contributed by atoms with Gasteiger partial charge in [-0.1, -0.05) is 66.4 Å². The van der Waals surface area contributed by atoms with Gasteiger partial charge in [-0.2, -0.15) is 0 Å². The number of ether oxygens (including phenoxy) is 1. The Balaban J connectivity index is 1.53. The number of aromatic nitrogens is 3. The van der Waals surface area contributed by atoms with Gasteiger partial charge in [-0.15, -0.1) is 10.2 Å². The number of aryl methyl sites for hydroxylation is 3. The summed E-state index contributed by atoms with van der Waals surface area (Å²) in [7, 11) is 0. The van der Waals surface area contributed by atoms with Crippen molar-refractivity contribution in [3.63, 3.8) is 0 Å². The molecule has 0 radical (unpaired) electrons. The molecule has 0 aliphatic heterocycles. The molecule has 4 aromatic rings. The fourth-order valence-electron chi connectivity index (χ4n) is 3.52. The van der Waals surface area contributed by atoms with Crippen LogP contribution in [0.2, 0.25) is 0 Å². The Morgan fingerprint density at radius 3 is 2.27 bits per heavy atom. The maximum atomic E-state index is 12.6. The molecule has 0 unspecified atom stereocenters. The highest BCUT2D eigenvalue weighted by molar-refractivity contribution is 7.99. The van der Waals surface area contributed by atoms with E-state index in [2.05, 4.69) is 15.5 Å². The number of anilines is 1. The Hall–Kier alpha value is -3.58. The van der Waals surface area contributed by atoms with Crippen LogP contribution in [0.5, 0.6) is 5.75 Å². The molecule has 0 aliphatic carbocycles. The molecular formula is C26H26N4O2S. The zero-order valence-electron chi connectivity index (χ0n) is 18.9. The topological polar surface area (TPSA) is 69.0 Å². The van der Waals surface area contributed by atoms with E-state index >= 15 is 0 Å². The molecule has 1 amide bonds. The zero-order valence-corrected chi connectivity index (χ0v) is 19.7. The second-order valence-electron chi connectivity index (χ2n) is 7.73. The molecular weight excluding hydrogens is 432 g/mol. The lowest BCUT2D eigenvalue weighted by Gasteiger charge is -2.13. The summed E-state index contributed by atoms with van der Waals surface area (Å²) < 4.78 is 8.08. The second kappa shape index (κ2) is 10.4. The van der Waals surface area contributed by atoms with Gasteiger partial charge in [0.2, 0.25) is 5.91 Å². The quantitative estimate of drug-likeness (QED) is 0.353. The highest BCUT2D eigenvalue weighted by Gasteiger charge is 2.17. The monoisotopic (exact) mass is 458 g/mol. The summed E-state index contributed by atoms with van der Waals surface area (Å²) in [6, 6.07) is 23.7. The molecule has 0 spiro atoms. The van der Waals surface area contributed by atoms with Gasteiger partial charge in [0.25, 0.3) is 0 Å². The molecule has 7 heteroatoms. The van der Waals surface area contributed by atoms with Crippen molar-refractivity contribution in [2.75, 3.05) is 11.1 Å². The Kier molecular flexibility index (Phi) is 7.10. The van der Waals surface area contributed by atoms with Gasteiger partial charge in [0.15, 0.2) is 11.0 Å². The highest BCUT2D eigenvalue weighted by atomic mass is 32.2. The summed E-state index contributed by atoms with van der Waals surface area (Å²) in [4.78, 5) is 12.6. The first-order valence-corrected chi connectivity index (χ1v) is 11.7. The number of nitrogens with zero attached hydrogens (tertiary/aromatic N) is 3. The summed E-state index contributed by atoms with van der Waals surface area (Å²) in [6.45, 7) is 6.29. The van der Waals surface area contributed by atoms with Crippen molar-refractivity contribution in [3.05, 3.63) is 95.3 Å². The minimum atomic E-state index is -0.0924. The molecule has 0 aliphatic rings. The van der Waals surface area contributed by atoms with E-state index in [9.17, 15) is 4.79 Å². The number of benzene rings is 3. The Labute approximate surface area is 198 Å². The lowest BCUT2D eigenvalue weighted by atomic mass is 10.1. The predicted octanol–water partition coefficient (Wildman–Crippen LogP) is 5.50. The zero-order chi connectivity index (χ0) is 23.2. The van der Waals surface area contributed by atoms with Crippen molar-refractivity contribution in [1.29, 1.82) is 0 Å². The lowest BCUT2D eigenvalue weighted by Crippen LogP contribution is -2.15. The summed E-state index contributed by atoms with van der Waals surface area (Å²) in [5, 5.41) is 12.3. The van der Waals surface area contributed by atoms with E-state index in [1.807, 2.05) is 98.1 Å². The van der Waals surface area contributed by atoms with Crippen LogP contribution in [0.4, 0.5) is 5.69 Å². The fourth-order valence-corrected chi connectivity index (χ4v) is 4.29. The fraction of sp³-hybridized carbons (Fsp3) is 0.192. The van der Waals surface area contributed by atoms with Crippen molar-refractivity contribution in [1.82, 2.24) is 14.8 Å². The van der Waals surface area contributed by atoms with Crippen LogP contribution in [-0.4, -0.2) is 26.4 Å². The van der Waals surface area contributed by atoms with Crippen LogP contribution in [0.3, 0.4) is 0 Å². The number of rotatable bonds is 8. The van der Waals surface area contributed by atoms with Gasteiger partial charge in [0, 0.05) is 11.4 Å². The molecule has 168 valence electrons. The molecule has 3 aromatic carbocycles. The van der Waals surface area contributed by atoms with Gasteiger partial charge in [0.05, 0.1) is 5.75 Å². The number of carbonyl (C=O) groups excluding carboxylic acids is 1. The maximum Gasteiger partial charge on any atom is 0.234 e. The molecule has 33 heavy (non-hydrogen) atoms. The van der Waals surface area contributed by atoms with Crippen molar-refractivity contribution < 1.29 is 9.53 Å². The van der Waals surface area contributed by atoms with Crippen LogP contribution in [0.1, 0.15) is 22.5 Å². The van der Waals surface area contributed by atoms with E-state index in [1.54, 1.807) is 0 Å². The van der Waals surface area contributed by atoms with Crippen molar-refractivity contribution in [2.24, 2.45) is 0 Å². The largest absolute Gasteiger partial charge is 0.485 e. The van der Waals surface area contributed by atoms with E-state index < -0.39 is 0 Å². The summed E-state index contributed by atoms with van der Waals surface area (Å²) >= 11 is 1.35. The number of thioether (sulfide) groups is 1. The first-order valence-electron chi connectivity index (χ1n) is 10.7. The Bertz CT molecular complexity index is 1230. The van der Waals surface area contributed by atoms with Crippen molar-refractivity contribution in [3.8, 4) is 11.4 Å². The van der Waals surface area contributed by atoms with Crippen LogP contribution in [0, 0.1) is 20.8 Å². The Morgan fingerprint density at radius 1 is 0.879 bits per heavy atom. The third-order valence-electron chi connectivity index (χ3n) is 5.22. The predicted molar refractivity (Wildman–Crippen MR) is 132 cm³/mol. The van der Waals surface area contributed by atoms with Gasteiger partial charge in [-0.25, -0.2) is 0 Å². The first-order chi connectivity index (χ1) is 16.0. The second-order valence-corrected chi connectivity index (χ2v) is 8.67. The molecule has 0 bridgehead atoms. The number of carbonyl (C=O) groups is 1. The average Bonchev–Trinajstić information content (AvgIpc) is 3.22. The summed E-state index contributed by atoms with van der Waals surface area (Å²) in [5.41, 5.74) is 4.90. The van der Waals surface area contributed by atoms with Crippen molar-refractivity contribution >= 4 is 23.4 Å². The number of hydrogen-bond donors (Lipinski definition) is 1. The van der Waals surface area contributed by atoms with Crippen LogP contribution in [-0.2, 0) is 11.4 Å². The highest BCUT2D eigenvalue weighted by Crippen LogP contribution is 2.26. The number of nitrogens with one attached hydrogen (secondary N) is 1. The molecule has 4 rings (SSSR count). The lowest BCUT2D eigenvalue weighted by molar-refractivity contribution is -0.113. The Morgan fingerprint density at radius 2 is 1.55 bits per heavy atom. The number of hydrogen-bond acceptors (Lipinski definition) is 5. The van der Waals surface area contributed by atoms with Gasteiger partial charge >= 0.3 is 0 Å². The van der Waals surface area contributed by atoms with Gasteiger partial charge in [-0.05, 0) is 55.7 Å². The molecule has 1 heterocycles. The van der Waals surface area contributed by atoms with Crippen LogP contribution < -0.4 is 10.1 Å². The van der Waals surface area contributed by atoms with Crippen LogP contribution in [0.15, 0.2) is 78.0 Å². The molecule has 0 saturated heterocycles. The minimum absolute atomic E-state index is 0.0924. The third-order valence-corrected chi connectivity index (χ3v) is 6.15. The SMILES string of the molecule is Cc1ccccc1NC(=O)CSc1nnc(COc2c(C)cccc2C)n1-c1ccccc1. The van der Waals surface area contributed by atoms with E-state index in [0.717, 1.165) is 33.8 Å². The van der Waals surface area contributed by atoms with Gasteiger partial charge in [-0.3, -0.25) is 9.36 Å². The van der Waals surface area contributed by atoms with Crippen molar-refractivity contribution in [2.45, 2.75) is 32.5 Å². The molecule has 0 saturated carbocycles. The molecule has 1 aromatic heterocycles. The average molecular weight is 459 g/mol. The van der Waals surface area contributed by atoms with Crippen LogP contribution in [0.25, 0.3) is 5.69 Å². The molecule has 6 nitrogen and oxygen atoms in total. The minimum Gasteiger partial charge on any atom is -0.485 e. The third kappa shape index (κ3) is 5.43. The maximum absolute atomic E-state index is 12.6. The van der Waals surface area contributed by atoms with E-state index in [4.69, 9.17) is 4.74 Å². The summed E-state index contributed by atoms with van der Waals surface area (Å²) in [6.07, 6.45) is 0. The van der Waals surface area contributed by atoms with Gasteiger partial charge in [0.1, 0.15) is 12.4 Å². The summed E-state index contributed by atoms with van der Waals surface area (Å²) in [5.74, 6) is 1.65. The molecule has 1 N–H and O–H groups in total. The molecule has 0 atom stereocenters. The molecule has 0 fully saturated rings. The standard InChI is InChI=1S/C26H26N4O2S/c1-18-10-7-8-15-22(18)27-24(31)17-33-26-29-28-23(30(26)21-13-5-4-6-14-21)16-32-25-19(2)11-9-12-20(25)3/h4-15H,16-17H2,1-3H3,(H,27,31).